The molecule has 1 aromatic heterocycles. The second-order valence-corrected chi connectivity index (χ2v) is 5.49. The average molecular weight is 251 g/mol. The topological polar surface area (TPSA) is 48.7 Å². The Kier molecular flexibility index (Phi) is 3.52. The number of nitrogens with one attached hydrogen (secondary N) is 1. The van der Waals surface area contributed by atoms with Crippen LogP contribution in [-0.4, -0.2) is 4.98 Å². The molecule has 0 aliphatic rings. The summed E-state index contributed by atoms with van der Waals surface area (Å²) in [7, 11) is 0. The predicted octanol–water partition coefficient (Wildman–Crippen LogP) is 3.99. The maximum absolute atomic E-state index is 9.07. The van der Waals surface area contributed by atoms with Crippen LogP contribution in [0.1, 0.15) is 31.9 Å². The second-order valence-electron chi connectivity index (χ2n) is 5.49. The third-order valence-electron chi connectivity index (χ3n) is 2.93. The highest BCUT2D eigenvalue weighted by molar-refractivity contribution is 5.66. The lowest BCUT2D eigenvalue weighted by Crippen LogP contribution is -2.11. The van der Waals surface area contributed by atoms with Crippen molar-refractivity contribution in [3.8, 4) is 6.07 Å². The van der Waals surface area contributed by atoms with Crippen molar-refractivity contribution < 1.29 is 0 Å². The van der Waals surface area contributed by atoms with Crippen molar-refractivity contribution in [2.45, 2.75) is 26.2 Å². The molecule has 0 unspecified atom stereocenters. The summed E-state index contributed by atoms with van der Waals surface area (Å²) in [6.45, 7) is 6.45. The smallest absolute Gasteiger partial charge is 0.101 e. The number of hydrogen-bond donors (Lipinski definition) is 1. The molecule has 2 rings (SSSR count). The molecule has 0 aliphatic carbocycles. The molecule has 0 atom stereocenters. The molecule has 2 aromatic rings. The maximum Gasteiger partial charge on any atom is 0.101 e. The molecule has 0 saturated heterocycles. The monoisotopic (exact) mass is 251 g/mol. The number of nitrogens with zero attached hydrogens (tertiary/aromatic N) is 2. The molecule has 0 spiro atoms. The van der Waals surface area contributed by atoms with Gasteiger partial charge in [0.1, 0.15) is 6.07 Å². The third-order valence-corrected chi connectivity index (χ3v) is 2.93. The molecule has 0 aliphatic heterocycles. The summed E-state index contributed by atoms with van der Waals surface area (Å²) in [6, 6.07) is 11.7. The van der Waals surface area contributed by atoms with Crippen molar-refractivity contribution in [2.75, 3.05) is 5.32 Å². The minimum atomic E-state index is 0.0550. The van der Waals surface area contributed by atoms with Crippen LogP contribution in [0.15, 0.2) is 42.7 Å². The van der Waals surface area contributed by atoms with E-state index in [0.717, 1.165) is 16.9 Å². The number of nitriles is 1. The van der Waals surface area contributed by atoms with Crippen molar-refractivity contribution in [1.29, 1.82) is 5.26 Å². The molecular formula is C16H17N3. The molecule has 1 heterocycles. The van der Waals surface area contributed by atoms with Gasteiger partial charge in [0, 0.05) is 6.20 Å². The lowest BCUT2D eigenvalue weighted by atomic mass is 9.88. The fraction of sp³-hybridized carbons (Fsp3) is 0.250. The van der Waals surface area contributed by atoms with Crippen LogP contribution < -0.4 is 5.32 Å². The van der Waals surface area contributed by atoms with Crippen LogP contribution in [0.4, 0.5) is 11.4 Å². The third kappa shape index (κ3) is 3.11. The van der Waals surface area contributed by atoms with E-state index in [1.165, 1.54) is 0 Å². The molecule has 1 aromatic carbocycles. The molecule has 3 heteroatoms. The second kappa shape index (κ2) is 5.11. The number of hydrogen-bond acceptors (Lipinski definition) is 3. The molecule has 96 valence electrons. The zero-order valence-corrected chi connectivity index (χ0v) is 11.4. The van der Waals surface area contributed by atoms with Gasteiger partial charge in [-0.25, -0.2) is 0 Å². The molecule has 0 saturated carbocycles. The van der Waals surface area contributed by atoms with Crippen LogP contribution in [-0.2, 0) is 5.41 Å². The van der Waals surface area contributed by atoms with E-state index in [1.54, 1.807) is 12.3 Å². The van der Waals surface area contributed by atoms with Crippen molar-refractivity contribution >= 4 is 11.4 Å². The molecule has 3 nitrogen and oxygen atoms in total. The molecular weight excluding hydrogens is 234 g/mol. The highest BCUT2D eigenvalue weighted by Crippen LogP contribution is 2.26. The standard InChI is InChI=1S/C16H17N3/c1-16(2,3)13-8-14(11-18-10-13)19-15-7-5-4-6-12(15)9-17/h4-8,10-11,19H,1-3H3. The summed E-state index contributed by atoms with van der Waals surface area (Å²) >= 11 is 0. The lowest BCUT2D eigenvalue weighted by molar-refractivity contribution is 0.588. The van der Waals surface area contributed by atoms with Gasteiger partial charge in [-0.2, -0.15) is 5.26 Å². The van der Waals surface area contributed by atoms with Crippen molar-refractivity contribution in [3.05, 3.63) is 53.9 Å². The summed E-state index contributed by atoms with van der Waals surface area (Å²) < 4.78 is 0. The Balaban J connectivity index is 2.32. The van der Waals surface area contributed by atoms with Gasteiger partial charge < -0.3 is 5.32 Å². The first-order chi connectivity index (χ1) is 9.00. The first kappa shape index (κ1) is 13.1. The van der Waals surface area contributed by atoms with Crippen LogP contribution in [0, 0.1) is 11.3 Å². The number of anilines is 2. The predicted molar refractivity (Wildman–Crippen MR) is 77.4 cm³/mol. The SMILES string of the molecule is CC(C)(C)c1cncc(Nc2ccccc2C#N)c1. The number of rotatable bonds is 2. The zero-order chi connectivity index (χ0) is 13.9. The van der Waals surface area contributed by atoms with Crippen LogP contribution in [0.3, 0.4) is 0 Å². The van der Waals surface area contributed by atoms with Gasteiger partial charge in [0.05, 0.1) is 23.1 Å². The van der Waals surface area contributed by atoms with Crippen molar-refractivity contribution in [2.24, 2.45) is 0 Å². The first-order valence-electron chi connectivity index (χ1n) is 6.22. The van der Waals surface area contributed by atoms with Crippen molar-refractivity contribution in [1.82, 2.24) is 4.98 Å². The Morgan fingerprint density at radius 1 is 1.16 bits per heavy atom. The molecule has 0 bridgehead atoms. The van der Waals surface area contributed by atoms with Gasteiger partial charge in [-0.3, -0.25) is 4.98 Å². The van der Waals surface area contributed by atoms with E-state index in [9.17, 15) is 0 Å². The molecule has 1 N–H and O–H groups in total. The van der Waals surface area contributed by atoms with Gasteiger partial charge in [-0.1, -0.05) is 32.9 Å². The van der Waals surface area contributed by atoms with Crippen LogP contribution in [0.2, 0.25) is 0 Å². The lowest BCUT2D eigenvalue weighted by Gasteiger charge is -2.19. The van der Waals surface area contributed by atoms with Gasteiger partial charge in [0.2, 0.25) is 0 Å². The molecule has 0 radical (unpaired) electrons. The fourth-order valence-corrected chi connectivity index (χ4v) is 1.76. The Morgan fingerprint density at radius 2 is 1.89 bits per heavy atom. The van der Waals surface area contributed by atoms with Crippen LogP contribution in [0.5, 0.6) is 0 Å². The minimum absolute atomic E-state index is 0.0550. The quantitative estimate of drug-likeness (QED) is 0.877. The van der Waals surface area contributed by atoms with Gasteiger partial charge in [0.25, 0.3) is 0 Å². The summed E-state index contributed by atoms with van der Waals surface area (Å²) in [4.78, 5) is 4.26. The summed E-state index contributed by atoms with van der Waals surface area (Å²) in [5.41, 5.74) is 3.54. The van der Waals surface area contributed by atoms with Gasteiger partial charge >= 0.3 is 0 Å². The Labute approximate surface area is 113 Å². The van der Waals surface area contributed by atoms with Gasteiger partial charge in [0.15, 0.2) is 0 Å². The van der Waals surface area contributed by atoms with E-state index >= 15 is 0 Å². The maximum atomic E-state index is 9.07. The normalized spacial score (nSPS) is 10.8. The average Bonchev–Trinajstić information content (AvgIpc) is 2.39. The Hall–Kier alpha value is -2.34. The Bertz CT molecular complexity index is 618. The molecule has 0 fully saturated rings. The van der Waals surface area contributed by atoms with Crippen LogP contribution in [0.25, 0.3) is 0 Å². The van der Waals surface area contributed by atoms with E-state index in [4.69, 9.17) is 5.26 Å². The first-order valence-corrected chi connectivity index (χ1v) is 6.22. The number of aromatic nitrogens is 1. The Morgan fingerprint density at radius 3 is 2.58 bits per heavy atom. The largest absolute Gasteiger partial charge is 0.353 e. The minimum Gasteiger partial charge on any atom is -0.353 e. The summed E-state index contributed by atoms with van der Waals surface area (Å²) in [5, 5.41) is 12.3. The van der Waals surface area contributed by atoms with E-state index < -0.39 is 0 Å². The number of benzene rings is 1. The zero-order valence-electron chi connectivity index (χ0n) is 11.4. The molecule has 0 amide bonds. The summed E-state index contributed by atoms with van der Waals surface area (Å²) in [5.74, 6) is 0. The van der Waals surface area contributed by atoms with Gasteiger partial charge in [-0.15, -0.1) is 0 Å². The highest BCUT2D eigenvalue weighted by atomic mass is 14.9. The molecule has 19 heavy (non-hydrogen) atoms. The van der Waals surface area contributed by atoms with Gasteiger partial charge in [-0.05, 0) is 29.2 Å². The number of pyridine rings is 1. The van der Waals surface area contributed by atoms with E-state index in [-0.39, 0.29) is 5.41 Å². The highest BCUT2D eigenvalue weighted by Gasteiger charge is 2.14. The van der Waals surface area contributed by atoms with E-state index in [1.807, 2.05) is 24.4 Å². The van der Waals surface area contributed by atoms with Crippen LogP contribution >= 0.6 is 0 Å². The number of para-hydroxylation sites is 1. The van der Waals surface area contributed by atoms with E-state index in [2.05, 4.69) is 43.2 Å². The van der Waals surface area contributed by atoms with Crippen molar-refractivity contribution in [3.63, 3.8) is 0 Å². The van der Waals surface area contributed by atoms with E-state index in [0.29, 0.717) is 5.56 Å². The summed E-state index contributed by atoms with van der Waals surface area (Å²) in [6.07, 6.45) is 3.64. The fourth-order valence-electron chi connectivity index (χ4n) is 1.76.